The van der Waals surface area contributed by atoms with Crippen LogP contribution in [0.1, 0.15) is 34.1 Å². The first-order valence-corrected chi connectivity index (χ1v) is 8.54. The van der Waals surface area contributed by atoms with E-state index in [0.29, 0.717) is 0 Å². The number of carbonyl (C=O) groups excluding carboxylic acids is 3. The maximum atomic E-state index is 14.8. The number of nitrogens with zero attached hydrogens (tertiary/aromatic N) is 3. The van der Waals surface area contributed by atoms with Crippen molar-refractivity contribution in [2.75, 3.05) is 7.11 Å². The Kier molecular flexibility index (Phi) is 8.15. The molecule has 12 heteroatoms. The van der Waals surface area contributed by atoms with E-state index >= 15 is 0 Å². The molecule has 7 atom stereocenters. The van der Waals surface area contributed by atoms with E-state index in [-0.39, 0.29) is 6.42 Å². The average molecular weight is 405 g/mol. The Morgan fingerprint density at radius 2 is 1.89 bits per heavy atom. The molecule has 1 fully saturated rings. The Morgan fingerprint density at radius 3 is 2.32 bits per heavy atom. The third kappa shape index (κ3) is 4.89. The highest BCUT2D eigenvalue weighted by molar-refractivity contribution is 5.78. The summed E-state index contributed by atoms with van der Waals surface area (Å²) in [4.78, 5) is 37.6. The molecule has 11 nitrogen and oxygen atoms in total. The molecule has 0 aliphatic carbocycles. The molecule has 0 amide bonds. The van der Waals surface area contributed by atoms with Crippen LogP contribution in [0, 0.1) is 5.92 Å². The third-order valence-corrected chi connectivity index (χ3v) is 4.42. The summed E-state index contributed by atoms with van der Waals surface area (Å²) in [6, 6.07) is -1.55. The molecule has 28 heavy (non-hydrogen) atoms. The van der Waals surface area contributed by atoms with E-state index in [9.17, 15) is 23.9 Å². The van der Waals surface area contributed by atoms with E-state index in [2.05, 4.69) is 14.8 Å². The number of aliphatic hydroxyl groups is 1. The first-order valence-electron chi connectivity index (χ1n) is 8.54. The molecule has 158 valence electrons. The second-order valence-electron chi connectivity index (χ2n) is 6.36. The van der Waals surface area contributed by atoms with Crippen molar-refractivity contribution >= 4 is 17.9 Å². The predicted octanol–water partition coefficient (Wildman–Crippen LogP) is 1.17. The molecule has 7 unspecified atom stereocenters. The lowest BCUT2D eigenvalue weighted by molar-refractivity contribution is -0.312. The zero-order valence-corrected chi connectivity index (χ0v) is 16.2. The van der Waals surface area contributed by atoms with Gasteiger partial charge in [0, 0.05) is 18.8 Å². The minimum atomic E-state index is -3.11. The number of azide groups is 1. The lowest BCUT2D eigenvalue weighted by atomic mass is 9.81. The molecule has 1 aliphatic heterocycles. The van der Waals surface area contributed by atoms with Gasteiger partial charge in [-0.2, -0.15) is 0 Å². The fourth-order valence-electron chi connectivity index (χ4n) is 3.11. The van der Waals surface area contributed by atoms with Gasteiger partial charge in [0.15, 0.2) is 12.3 Å². The highest BCUT2D eigenvalue weighted by Gasteiger charge is 2.61. The number of alkyl halides is 1. The van der Waals surface area contributed by atoms with E-state index < -0.39 is 60.1 Å². The lowest BCUT2D eigenvalue weighted by Crippen LogP contribution is -2.66. The average Bonchev–Trinajstić information content (AvgIpc) is 2.63. The first kappa shape index (κ1) is 23.6. The van der Waals surface area contributed by atoms with Crippen LogP contribution in [0.4, 0.5) is 4.39 Å². The normalized spacial score (nSPS) is 31.7. The van der Waals surface area contributed by atoms with Gasteiger partial charge in [-0.25, -0.2) is 9.18 Å². The second-order valence-corrected chi connectivity index (χ2v) is 6.36. The SMILES string of the molecule is CCC(OC(C)=O)C(OC(C)=O)C1OC(O)(C(=O)OC)C(F)C(N=[N+]=[N-])C1C. The van der Waals surface area contributed by atoms with Crippen LogP contribution in [0.2, 0.25) is 0 Å². The Hall–Kier alpha value is -2.43. The summed E-state index contributed by atoms with van der Waals surface area (Å²) in [5.74, 6) is -6.99. The molecule has 0 aromatic rings. The fourth-order valence-corrected chi connectivity index (χ4v) is 3.11. The summed E-state index contributed by atoms with van der Waals surface area (Å²) >= 11 is 0. The van der Waals surface area contributed by atoms with Crippen molar-refractivity contribution in [2.45, 2.75) is 70.4 Å². The number of hydrogen-bond donors (Lipinski definition) is 1. The third-order valence-electron chi connectivity index (χ3n) is 4.42. The zero-order chi connectivity index (χ0) is 21.6. The van der Waals surface area contributed by atoms with Gasteiger partial charge in [0.1, 0.15) is 12.2 Å². The van der Waals surface area contributed by atoms with Crippen molar-refractivity contribution in [3.63, 3.8) is 0 Å². The van der Waals surface area contributed by atoms with E-state index in [1.165, 1.54) is 6.92 Å². The van der Waals surface area contributed by atoms with Crippen LogP contribution in [-0.4, -0.2) is 66.4 Å². The number of rotatable bonds is 7. The van der Waals surface area contributed by atoms with Gasteiger partial charge in [-0.1, -0.05) is 19.0 Å². The molecule has 0 radical (unpaired) electrons. The number of methoxy groups -OCH3 is 1. The molecular weight excluding hydrogens is 381 g/mol. The van der Waals surface area contributed by atoms with Crippen LogP contribution in [0.3, 0.4) is 0 Å². The maximum absolute atomic E-state index is 14.8. The molecule has 1 rings (SSSR count). The highest BCUT2D eigenvalue weighted by atomic mass is 19.1. The van der Waals surface area contributed by atoms with Crippen LogP contribution < -0.4 is 0 Å². The van der Waals surface area contributed by atoms with Crippen LogP contribution in [-0.2, 0) is 33.3 Å². The van der Waals surface area contributed by atoms with Gasteiger partial charge in [0.05, 0.1) is 13.2 Å². The Bertz CT molecular complexity index is 656. The monoisotopic (exact) mass is 405 g/mol. The lowest BCUT2D eigenvalue weighted by Gasteiger charge is -2.47. The standard InChI is InChI=1S/C16H24FN3O8/c1-6-10(26-8(3)21)13(27-9(4)22)12-7(2)11(19-20-18)14(17)16(24,28-12)15(23)25-5/h7,10-14,24H,6H2,1-5H3. The molecular formula is C16H24FN3O8. The fraction of sp³-hybridized carbons (Fsp3) is 0.812. The van der Waals surface area contributed by atoms with Gasteiger partial charge in [-0.3, -0.25) is 9.59 Å². The van der Waals surface area contributed by atoms with E-state index in [0.717, 1.165) is 21.0 Å². The molecule has 0 aromatic heterocycles. The van der Waals surface area contributed by atoms with E-state index in [1.807, 2.05) is 0 Å². The van der Waals surface area contributed by atoms with Crippen molar-refractivity contribution in [1.82, 2.24) is 0 Å². The number of halogens is 1. The molecule has 0 saturated carbocycles. The Labute approximate surface area is 160 Å². The van der Waals surface area contributed by atoms with Gasteiger partial charge in [-0.15, -0.1) is 0 Å². The van der Waals surface area contributed by atoms with E-state index in [1.54, 1.807) is 6.92 Å². The molecule has 1 aliphatic rings. The highest BCUT2D eigenvalue weighted by Crippen LogP contribution is 2.39. The number of hydrogen-bond acceptors (Lipinski definition) is 9. The summed E-state index contributed by atoms with van der Waals surface area (Å²) < 4.78 is 34.9. The number of carbonyl (C=O) groups is 3. The largest absolute Gasteiger partial charge is 0.465 e. The van der Waals surface area contributed by atoms with Crippen molar-refractivity contribution in [2.24, 2.45) is 11.0 Å². The second kappa shape index (κ2) is 9.67. The Morgan fingerprint density at radius 1 is 1.32 bits per heavy atom. The summed E-state index contributed by atoms with van der Waals surface area (Å²) in [6.07, 6.45) is -5.99. The molecule has 0 aromatic carbocycles. The summed E-state index contributed by atoms with van der Waals surface area (Å²) in [7, 11) is 0.906. The quantitative estimate of drug-likeness (QED) is 0.217. The van der Waals surface area contributed by atoms with Crippen LogP contribution in [0.25, 0.3) is 10.4 Å². The summed E-state index contributed by atoms with van der Waals surface area (Å²) in [5, 5.41) is 13.8. The van der Waals surface area contributed by atoms with Crippen molar-refractivity contribution in [3.8, 4) is 0 Å². The molecule has 0 bridgehead atoms. The topological polar surface area (TPSA) is 157 Å². The molecule has 1 saturated heterocycles. The van der Waals surface area contributed by atoms with Crippen molar-refractivity contribution in [3.05, 3.63) is 10.4 Å². The van der Waals surface area contributed by atoms with Gasteiger partial charge >= 0.3 is 17.9 Å². The zero-order valence-electron chi connectivity index (χ0n) is 16.2. The molecule has 1 N–H and O–H groups in total. The van der Waals surface area contributed by atoms with Gasteiger partial charge in [0.2, 0.25) is 0 Å². The summed E-state index contributed by atoms with van der Waals surface area (Å²) in [6.45, 7) is 5.29. The number of ether oxygens (including phenoxy) is 4. The Balaban J connectivity index is 3.46. The van der Waals surface area contributed by atoms with Crippen molar-refractivity contribution in [1.29, 1.82) is 0 Å². The van der Waals surface area contributed by atoms with E-state index in [4.69, 9.17) is 19.7 Å². The minimum absolute atomic E-state index is 0.173. The van der Waals surface area contributed by atoms with Crippen molar-refractivity contribution < 1.29 is 42.8 Å². The molecule has 0 spiro atoms. The van der Waals surface area contributed by atoms with Gasteiger partial charge in [0.25, 0.3) is 5.79 Å². The van der Waals surface area contributed by atoms with Crippen LogP contribution in [0.15, 0.2) is 5.11 Å². The minimum Gasteiger partial charge on any atom is -0.465 e. The van der Waals surface area contributed by atoms with Crippen LogP contribution >= 0.6 is 0 Å². The van der Waals surface area contributed by atoms with Gasteiger partial charge in [-0.05, 0) is 17.9 Å². The predicted molar refractivity (Wildman–Crippen MR) is 90.2 cm³/mol. The number of esters is 3. The first-order chi connectivity index (χ1) is 13.0. The maximum Gasteiger partial charge on any atom is 0.369 e. The van der Waals surface area contributed by atoms with Gasteiger partial charge < -0.3 is 24.1 Å². The smallest absolute Gasteiger partial charge is 0.369 e. The molecule has 1 heterocycles. The van der Waals surface area contributed by atoms with Crippen LogP contribution in [0.5, 0.6) is 0 Å². The summed E-state index contributed by atoms with van der Waals surface area (Å²) in [5.41, 5.74) is 8.76.